The van der Waals surface area contributed by atoms with E-state index in [-0.39, 0.29) is 158 Å². The van der Waals surface area contributed by atoms with Gasteiger partial charge in [-0.05, 0) is 53.1 Å². The number of anilines is 3. The van der Waals surface area contributed by atoms with E-state index in [4.69, 9.17) is 67.8 Å². The van der Waals surface area contributed by atoms with Gasteiger partial charge in [0.15, 0.2) is 0 Å². The molecule has 430 valence electrons. The third-order valence-electron chi connectivity index (χ3n) is 11.5. The van der Waals surface area contributed by atoms with Gasteiger partial charge in [0.2, 0.25) is 0 Å². The van der Waals surface area contributed by atoms with E-state index in [1.807, 2.05) is 102 Å². The van der Waals surface area contributed by atoms with E-state index >= 15 is 0 Å². The van der Waals surface area contributed by atoms with Crippen molar-refractivity contribution < 1.29 is 88.2 Å². The molecule has 0 aliphatic carbocycles. The minimum Gasteiger partial charge on any atom is -0.394 e. The van der Waals surface area contributed by atoms with E-state index in [0.717, 1.165) is 5.69 Å². The van der Waals surface area contributed by atoms with Crippen molar-refractivity contribution in [3.8, 4) is 6.07 Å². The third kappa shape index (κ3) is 26.0. The summed E-state index contributed by atoms with van der Waals surface area (Å²) in [5.41, 5.74) is 2.87. The van der Waals surface area contributed by atoms with Crippen LogP contribution in [0.2, 0.25) is 0 Å². The predicted octanol–water partition coefficient (Wildman–Crippen LogP) is -0.198. The van der Waals surface area contributed by atoms with E-state index in [1.165, 1.54) is 0 Å². The average molecular weight is 1080 g/mol. The van der Waals surface area contributed by atoms with Gasteiger partial charge in [-0.3, -0.25) is 0 Å². The van der Waals surface area contributed by atoms with E-state index in [2.05, 4.69) is 6.07 Å². The average Bonchev–Trinajstić information content (AvgIpc) is 3.42. The second-order valence-electron chi connectivity index (χ2n) is 17.7. The second-order valence-corrected chi connectivity index (χ2v) is 17.7. The van der Waals surface area contributed by atoms with Crippen LogP contribution >= 0.6 is 0 Å². The monoisotopic (exact) mass is 1080 g/mol. The lowest BCUT2D eigenvalue weighted by atomic mass is 9.70. The van der Waals surface area contributed by atoms with Crippen LogP contribution in [0.25, 0.3) is 0 Å². The molecule has 3 rings (SSSR count). The quantitative estimate of drug-likeness (QED) is 0.0269. The van der Waals surface area contributed by atoms with Gasteiger partial charge < -0.3 is 103 Å². The first kappa shape index (κ1) is 66.1. The fourth-order valence-electron chi connectivity index (χ4n) is 7.80. The first-order valence-electron chi connectivity index (χ1n) is 25.9. The molecule has 0 amide bonds. The lowest BCUT2D eigenvalue weighted by molar-refractivity contribution is -0.0128. The molecule has 0 saturated carbocycles. The Labute approximate surface area is 448 Å². The Hall–Kier alpha value is -4.17. The van der Waals surface area contributed by atoms with Gasteiger partial charge in [0.05, 0.1) is 189 Å². The molecule has 0 aromatic heterocycles. The Bertz CT molecular complexity index is 1800. The van der Waals surface area contributed by atoms with Gasteiger partial charge in [0.25, 0.3) is 0 Å². The number of benzene rings is 3. The minimum absolute atomic E-state index is 0.0115. The summed E-state index contributed by atoms with van der Waals surface area (Å²) in [4.78, 5) is 5.61. The lowest BCUT2D eigenvalue weighted by Crippen LogP contribution is -2.41. The van der Waals surface area contributed by atoms with Crippen LogP contribution in [0.4, 0.5) is 17.1 Å². The molecule has 0 spiro atoms. The molecular weight excluding hydrogens is 993 g/mol. The highest BCUT2D eigenvalue weighted by Gasteiger charge is 2.37. The highest BCUT2D eigenvalue weighted by molar-refractivity contribution is 5.63. The highest BCUT2D eigenvalue weighted by atomic mass is 16.6. The fraction of sp³-hybridized carbons (Fsp3) is 0.648. The van der Waals surface area contributed by atoms with Gasteiger partial charge in [-0.2, -0.15) is 5.26 Å². The van der Waals surface area contributed by atoms with Gasteiger partial charge in [-0.1, -0.05) is 36.4 Å². The van der Waals surface area contributed by atoms with Gasteiger partial charge in [0.1, 0.15) is 5.41 Å². The van der Waals surface area contributed by atoms with E-state index in [0.29, 0.717) is 54.5 Å². The lowest BCUT2D eigenvalue weighted by Gasteiger charge is -2.33. The highest BCUT2D eigenvalue weighted by Crippen LogP contribution is 2.41. The van der Waals surface area contributed by atoms with Crippen LogP contribution in [0, 0.1) is 11.3 Å². The van der Waals surface area contributed by atoms with Crippen LogP contribution < -0.4 is 14.7 Å². The van der Waals surface area contributed by atoms with Crippen molar-refractivity contribution in [1.82, 2.24) is 0 Å². The number of aliphatic hydroxyl groups excluding tert-OH is 8. The number of nitrogens with zero attached hydrogens (tertiary/aromatic N) is 4. The van der Waals surface area contributed by atoms with Gasteiger partial charge in [0, 0.05) is 57.3 Å². The van der Waals surface area contributed by atoms with Crippen LogP contribution in [-0.4, -0.2) is 264 Å². The summed E-state index contributed by atoms with van der Waals surface area (Å²) >= 11 is 0. The molecule has 0 bridgehead atoms. The maximum absolute atomic E-state index is 11.5. The Kier molecular flexibility index (Phi) is 35.6. The Balaban J connectivity index is 1.93. The summed E-state index contributed by atoms with van der Waals surface area (Å²) in [5.74, 6) is 0. The van der Waals surface area contributed by atoms with Crippen molar-refractivity contribution in [1.29, 1.82) is 5.26 Å². The molecule has 0 aliphatic rings. The molecule has 4 unspecified atom stereocenters. The zero-order valence-corrected chi connectivity index (χ0v) is 44.5. The molecule has 0 fully saturated rings. The first-order valence-corrected chi connectivity index (χ1v) is 25.9. The van der Waals surface area contributed by atoms with Crippen molar-refractivity contribution in [2.24, 2.45) is 0 Å². The zero-order valence-electron chi connectivity index (χ0n) is 44.5. The second kappa shape index (κ2) is 41.0. The summed E-state index contributed by atoms with van der Waals surface area (Å²) in [7, 11) is 3.87. The SMILES string of the molecule is CN(C)c1ccc(C(C#N)(c2ccc(N(CC(O)COCCOCCO)CC(O)COCCOCCOCCO)cc2)c2ccc(N(CC(O)COCCOCCO)CC(O)COCCOCCOCCO)cc2)cc1. The van der Waals surface area contributed by atoms with Crippen LogP contribution in [0.5, 0.6) is 0 Å². The van der Waals surface area contributed by atoms with E-state index in [9.17, 15) is 25.7 Å². The molecule has 4 atom stereocenters. The topological polar surface area (TPSA) is 288 Å². The van der Waals surface area contributed by atoms with Gasteiger partial charge >= 0.3 is 0 Å². The molecule has 0 aliphatic heterocycles. The normalized spacial score (nSPS) is 14.0. The third-order valence-corrected chi connectivity index (χ3v) is 11.5. The summed E-state index contributed by atoms with van der Waals surface area (Å²) in [6, 6.07) is 25.2. The summed E-state index contributed by atoms with van der Waals surface area (Å²) in [6.45, 7) is 3.99. The number of ether oxygens (including phenoxy) is 10. The molecule has 22 heteroatoms. The standard InChI is InChI=1S/C54H86N4O18/c1-56(2)47-9-3-44(4-10-47)54(43-55,45-5-11-48(12-6-45)57(35-50(63)39-73-31-27-69-21-17-61)37-52(65)41-75-33-29-71-25-23-67-19-15-59)46-7-13-49(14-8-46)58(36-51(64)40-74-32-28-70-22-18-62)38-53(66)42-76-34-30-72-26-24-68-20-16-60/h3-14,50-53,59-66H,15-42H2,1-2H3. The van der Waals surface area contributed by atoms with Crippen LogP contribution in [0.3, 0.4) is 0 Å². The Morgan fingerprint density at radius 3 is 0.816 bits per heavy atom. The van der Waals surface area contributed by atoms with E-state index < -0.39 is 29.8 Å². The first-order chi connectivity index (χ1) is 37.0. The maximum atomic E-state index is 11.5. The van der Waals surface area contributed by atoms with Crippen LogP contribution in [0.1, 0.15) is 16.7 Å². The summed E-state index contributed by atoms with van der Waals surface area (Å²) in [5, 5.41) is 91.8. The molecule has 8 N–H and O–H groups in total. The largest absolute Gasteiger partial charge is 0.394 e. The summed E-state index contributed by atoms with van der Waals surface area (Å²) < 4.78 is 54.6. The maximum Gasteiger partial charge on any atom is 0.132 e. The molecule has 76 heavy (non-hydrogen) atoms. The fourth-order valence-corrected chi connectivity index (χ4v) is 7.80. The molecule has 0 saturated heterocycles. The molecule has 3 aromatic carbocycles. The van der Waals surface area contributed by atoms with Crippen molar-refractivity contribution >= 4 is 17.1 Å². The number of aliphatic hydroxyl groups is 8. The Morgan fingerprint density at radius 1 is 0.368 bits per heavy atom. The van der Waals surface area contributed by atoms with Crippen molar-refractivity contribution in [2.75, 3.05) is 214 Å². The number of nitriles is 1. The van der Waals surface area contributed by atoms with Crippen molar-refractivity contribution in [2.45, 2.75) is 29.8 Å². The molecule has 0 heterocycles. The van der Waals surface area contributed by atoms with Gasteiger partial charge in [-0.15, -0.1) is 0 Å². The van der Waals surface area contributed by atoms with Crippen molar-refractivity contribution in [3.63, 3.8) is 0 Å². The molecule has 3 aromatic rings. The van der Waals surface area contributed by atoms with Crippen molar-refractivity contribution in [3.05, 3.63) is 89.5 Å². The minimum atomic E-state index is -1.35. The molecule has 0 radical (unpaired) electrons. The van der Waals surface area contributed by atoms with Gasteiger partial charge in [-0.25, -0.2) is 0 Å². The number of rotatable bonds is 48. The number of hydrogen-bond donors (Lipinski definition) is 8. The zero-order chi connectivity index (χ0) is 55.1. The van der Waals surface area contributed by atoms with Crippen LogP contribution in [0.15, 0.2) is 72.8 Å². The smallest absolute Gasteiger partial charge is 0.132 e. The predicted molar refractivity (Wildman–Crippen MR) is 284 cm³/mol. The molecule has 22 nitrogen and oxygen atoms in total. The van der Waals surface area contributed by atoms with E-state index in [1.54, 1.807) is 0 Å². The Morgan fingerprint density at radius 2 is 0.592 bits per heavy atom. The van der Waals surface area contributed by atoms with Crippen LogP contribution in [-0.2, 0) is 52.8 Å². The number of hydrogen-bond acceptors (Lipinski definition) is 22. The molecular formula is C54H86N4O18. The summed E-state index contributed by atoms with van der Waals surface area (Å²) in [6.07, 6.45) is -3.86.